The Kier molecular flexibility index (Phi) is 4.83. The van der Waals surface area contributed by atoms with Gasteiger partial charge in [0.1, 0.15) is 17.3 Å². The van der Waals surface area contributed by atoms with Crippen LogP contribution < -0.4 is 9.64 Å². The van der Waals surface area contributed by atoms with Gasteiger partial charge in [-0.15, -0.1) is 11.3 Å². The quantitative estimate of drug-likeness (QED) is 0.706. The molecule has 3 aromatic rings. The lowest BCUT2D eigenvalue weighted by Crippen LogP contribution is -2.47. The number of carbonyl (C=O) groups excluding carboxylic acids is 1. The maximum Gasteiger partial charge on any atom is 0.323 e. The molecule has 0 radical (unpaired) electrons. The van der Waals surface area contributed by atoms with Crippen LogP contribution in [0.5, 0.6) is 5.75 Å². The Balaban J connectivity index is 1.72. The molecule has 0 spiro atoms. The van der Waals surface area contributed by atoms with Crippen LogP contribution in [0.25, 0.3) is 21.8 Å². The Morgan fingerprint density at radius 2 is 2.00 bits per heavy atom. The first-order valence-corrected chi connectivity index (χ1v) is 9.80. The fraction of sp³-hybridized carbons (Fsp3) is 0.190. The van der Waals surface area contributed by atoms with Gasteiger partial charge in [-0.2, -0.15) is 0 Å². The van der Waals surface area contributed by atoms with Crippen LogP contribution in [0.4, 0.5) is 5.69 Å². The molecule has 142 valence electrons. The van der Waals surface area contributed by atoms with Gasteiger partial charge in [-0.25, -0.2) is 4.98 Å². The van der Waals surface area contributed by atoms with E-state index in [0.29, 0.717) is 17.9 Å². The highest BCUT2D eigenvalue weighted by molar-refractivity contribution is 7.13. The lowest BCUT2D eigenvalue weighted by atomic mass is 10.1. The zero-order valence-electron chi connectivity index (χ0n) is 15.2. The van der Waals surface area contributed by atoms with E-state index in [1.165, 1.54) is 16.2 Å². The van der Waals surface area contributed by atoms with Crippen molar-refractivity contribution in [2.24, 2.45) is 0 Å². The minimum absolute atomic E-state index is 0.335. The van der Waals surface area contributed by atoms with Crippen molar-refractivity contribution in [2.45, 2.75) is 19.4 Å². The van der Waals surface area contributed by atoms with E-state index in [-0.39, 0.29) is 5.91 Å². The number of ether oxygens (including phenoxy) is 1. The summed E-state index contributed by atoms with van der Waals surface area (Å²) in [5.74, 6) is -0.894. The summed E-state index contributed by atoms with van der Waals surface area (Å²) in [5, 5.41) is 12.1. The normalized spacial score (nSPS) is 15.8. The molecule has 4 rings (SSSR count). The van der Waals surface area contributed by atoms with Gasteiger partial charge in [0.2, 0.25) is 0 Å². The number of rotatable bonds is 5. The van der Waals surface area contributed by atoms with Crippen molar-refractivity contribution in [1.82, 2.24) is 4.98 Å². The summed E-state index contributed by atoms with van der Waals surface area (Å²) in [7, 11) is 0. The summed E-state index contributed by atoms with van der Waals surface area (Å²) in [6.45, 7) is 1.43. The summed E-state index contributed by atoms with van der Waals surface area (Å²) < 4.78 is 5.77. The maximum absolute atomic E-state index is 12.6. The van der Waals surface area contributed by atoms with Crippen molar-refractivity contribution in [3.8, 4) is 27.6 Å². The van der Waals surface area contributed by atoms with Gasteiger partial charge in [0.15, 0.2) is 6.10 Å². The molecule has 0 saturated carbocycles. The Morgan fingerprint density at radius 1 is 1.21 bits per heavy atom. The van der Waals surface area contributed by atoms with E-state index in [0.717, 1.165) is 21.8 Å². The second kappa shape index (κ2) is 7.44. The number of anilines is 1. The summed E-state index contributed by atoms with van der Waals surface area (Å²) in [5.41, 5.74) is 3.07. The second-order valence-electron chi connectivity index (χ2n) is 6.42. The molecule has 0 aliphatic carbocycles. The van der Waals surface area contributed by atoms with Crippen molar-refractivity contribution in [2.75, 3.05) is 11.4 Å². The van der Waals surface area contributed by atoms with Crippen molar-refractivity contribution >= 4 is 28.9 Å². The molecular formula is C21H18N2O4S. The van der Waals surface area contributed by atoms with Crippen molar-refractivity contribution in [3.05, 3.63) is 53.9 Å². The third-order valence-electron chi connectivity index (χ3n) is 4.55. The highest BCUT2D eigenvalue weighted by atomic mass is 32.1. The smallest absolute Gasteiger partial charge is 0.323 e. The third-order valence-corrected chi connectivity index (χ3v) is 5.44. The number of benzene rings is 2. The molecular weight excluding hydrogens is 376 g/mol. The highest BCUT2D eigenvalue weighted by Gasteiger charge is 2.34. The van der Waals surface area contributed by atoms with Crippen LogP contribution in [0.3, 0.4) is 0 Å². The van der Waals surface area contributed by atoms with Gasteiger partial charge in [-0.1, -0.05) is 37.3 Å². The molecule has 1 aliphatic rings. The number of aliphatic carboxylic acids is 1. The number of hydrogen-bond donors (Lipinski definition) is 1. The van der Waals surface area contributed by atoms with Crippen LogP contribution in [0.2, 0.25) is 0 Å². The van der Waals surface area contributed by atoms with E-state index in [1.807, 2.05) is 48.7 Å². The number of fused-ring (bicyclic) bond motifs is 1. The van der Waals surface area contributed by atoms with E-state index in [9.17, 15) is 14.7 Å². The predicted octanol–water partition coefficient (Wildman–Crippen LogP) is 4.07. The molecule has 1 aromatic heterocycles. The molecule has 7 heteroatoms. The minimum atomic E-state index is -1.07. The van der Waals surface area contributed by atoms with Crippen molar-refractivity contribution in [1.29, 1.82) is 0 Å². The van der Waals surface area contributed by atoms with Gasteiger partial charge >= 0.3 is 5.97 Å². The topological polar surface area (TPSA) is 79.7 Å². The summed E-state index contributed by atoms with van der Waals surface area (Å²) in [4.78, 5) is 29.9. The van der Waals surface area contributed by atoms with E-state index in [1.54, 1.807) is 12.1 Å². The zero-order valence-corrected chi connectivity index (χ0v) is 16.0. The van der Waals surface area contributed by atoms with Gasteiger partial charge in [-0.05, 0) is 24.6 Å². The number of thiazole rings is 1. The van der Waals surface area contributed by atoms with Crippen LogP contribution in [0.15, 0.2) is 53.9 Å². The van der Waals surface area contributed by atoms with E-state index in [2.05, 4.69) is 0 Å². The molecule has 0 bridgehead atoms. The molecule has 28 heavy (non-hydrogen) atoms. The number of carboxylic acids is 1. The number of hydrogen-bond acceptors (Lipinski definition) is 5. The monoisotopic (exact) mass is 394 g/mol. The molecule has 1 atom stereocenters. The standard InChI is InChI=1S/C21H18N2O4S/c1-2-17-21(26)23(11-19(24)25)16-10-14(8-9-18(16)27-17)15-12-28-20(22-15)13-6-4-3-5-7-13/h3-10,12,17H,2,11H2,1H3,(H,24,25). The number of carboxylic acid groups (broad SMARTS) is 1. The Bertz CT molecular complexity index is 1030. The number of nitrogens with zero attached hydrogens (tertiary/aromatic N) is 2. The molecule has 0 fully saturated rings. The fourth-order valence-electron chi connectivity index (χ4n) is 3.16. The van der Waals surface area contributed by atoms with Gasteiger partial charge < -0.3 is 9.84 Å². The van der Waals surface area contributed by atoms with Gasteiger partial charge in [0, 0.05) is 16.5 Å². The summed E-state index contributed by atoms with van der Waals surface area (Å²) >= 11 is 1.53. The van der Waals surface area contributed by atoms with Crippen LogP contribution in [0.1, 0.15) is 13.3 Å². The second-order valence-corrected chi connectivity index (χ2v) is 7.28. The molecule has 2 heterocycles. The Labute approximate surface area is 166 Å². The lowest BCUT2D eigenvalue weighted by molar-refractivity contribution is -0.137. The average molecular weight is 394 g/mol. The molecule has 1 amide bonds. The molecule has 6 nitrogen and oxygen atoms in total. The molecule has 1 N–H and O–H groups in total. The fourth-order valence-corrected chi connectivity index (χ4v) is 3.99. The third kappa shape index (κ3) is 3.36. The molecule has 0 saturated heterocycles. The summed E-state index contributed by atoms with van der Waals surface area (Å²) in [6.07, 6.45) is -0.190. The number of carbonyl (C=O) groups is 2. The number of amides is 1. The van der Waals surface area contributed by atoms with Gasteiger partial charge in [0.25, 0.3) is 5.91 Å². The largest absolute Gasteiger partial charge is 0.480 e. The van der Waals surface area contributed by atoms with E-state index < -0.39 is 18.6 Å². The van der Waals surface area contributed by atoms with E-state index >= 15 is 0 Å². The molecule has 1 aliphatic heterocycles. The van der Waals surface area contributed by atoms with E-state index in [4.69, 9.17) is 9.72 Å². The first kappa shape index (κ1) is 18.2. The lowest BCUT2D eigenvalue weighted by Gasteiger charge is -2.33. The van der Waals surface area contributed by atoms with Gasteiger partial charge in [-0.3, -0.25) is 14.5 Å². The first-order chi connectivity index (χ1) is 13.6. The summed E-state index contributed by atoms with van der Waals surface area (Å²) in [6, 6.07) is 15.3. The zero-order chi connectivity index (χ0) is 19.7. The van der Waals surface area contributed by atoms with Crippen molar-refractivity contribution < 1.29 is 19.4 Å². The van der Waals surface area contributed by atoms with Crippen LogP contribution in [-0.4, -0.2) is 34.6 Å². The van der Waals surface area contributed by atoms with Gasteiger partial charge in [0.05, 0.1) is 11.4 Å². The molecule has 2 aromatic carbocycles. The van der Waals surface area contributed by atoms with Crippen molar-refractivity contribution in [3.63, 3.8) is 0 Å². The minimum Gasteiger partial charge on any atom is -0.480 e. The highest BCUT2D eigenvalue weighted by Crippen LogP contribution is 2.39. The molecule has 1 unspecified atom stereocenters. The maximum atomic E-state index is 12.6. The predicted molar refractivity (Wildman–Crippen MR) is 108 cm³/mol. The average Bonchev–Trinajstić information content (AvgIpc) is 3.20. The Hall–Kier alpha value is -3.19. The Morgan fingerprint density at radius 3 is 2.71 bits per heavy atom. The van der Waals surface area contributed by atoms with Crippen LogP contribution in [-0.2, 0) is 9.59 Å². The van der Waals surface area contributed by atoms with Crippen LogP contribution in [0, 0.1) is 0 Å². The first-order valence-electron chi connectivity index (χ1n) is 8.92. The number of aromatic nitrogens is 1. The SMILES string of the molecule is CCC1Oc2ccc(-c3csc(-c4ccccc4)n3)cc2N(CC(=O)O)C1=O. The van der Waals surface area contributed by atoms with Crippen LogP contribution >= 0.6 is 11.3 Å².